The van der Waals surface area contributed by atoms with Gasteiger partial charge in [-0.15, -0.1) is 0 Å². The Labute approximate surface area is 306 Å². The predicted octanol–water partition coefficient (Wildman–Crippen LogP) is 3.74. The first-order valence-corrected chi connectivity index (χ1v) is 19.1. The van der Waals surface area contributed by atoms with Gasteiger partial charge in [0.25, 0.3) is 0 Å². The van der Waals surface area contributed by atoms with Crippen LogP contribution in [0, 0.1) is 0 Å². The van der Waals surface area contributed by atoms with Crippen molar-refractivity contribution in [2.75, 3.05) is 77.4 Å². The number of benzene rings is 1. The summed E-state index contributed by atoms with van der Waals surface area (Å²) in [5.41, 5.74) is 7.22. The molecule has 0 fully saturated rings. The van der Waals surface area contributed by atoms with E-state index in [1.807, 2.05) is 37.6 Å². The Morgan fingerprint density at radius 1 is 0.765 bits per heavy atom. The van der Waals surface area contributed by atoms with E-state index in [0.717, 1.165) is 97.2 Å². The van der Waals surface area contributed by atoms with Crippen molar-refractivity contribution < 1.29 is 14.3 Å². The zero-order valence-electron chi connectivity index (χ0n) is 32.2. The summed E-state index contributed by atoms with van der Waals surface area (Å²) < 4.78 is 5.67. The van der Waals surface area contributed by atoms with E-state index in [1.54, 1.807) is 0 Å². The van der Waals surface area contributed by atoms with Crippen molar-refractivity contribution in [2.24, 2.45) is 5.73 Å². The number of amides is 2. The maximum atomic E-state index is 12.9. The lowest BCUT2D eigenvalue weighted by Gasteiger charge is -2.30. The number of rotatable bonds is 28. The molecule has 5 N–H and O–H groups in total. The number of unbranched alkanes of at least 4 members (excludes halogenated alkanes) is 3. The molecule has 2 aromatic rings. The molecule has 0 spiro atoms. The van der Waals surface area contributed by atoms with Crippen LogP contribution in [0.1, 0.15) is 96.6 Å². The van der Waals surface area contributed by atoms with Gasteiger partial charge in [0.15, 0.2) is 0 Å². The van der Waals surface area contributed by atoms with Gasteiger partial charge in [-0.3, -0.25) is 14.4 Å². The first kappa shape index (κ1) is 43.8. The van der Waals surface area contributed by atoms with Crippen LogP contribution in [0.3, 0.4) is 0 Å². The van der Waals surface area contributed by atoms with Crippen LogP contribution in [0.4, 0.5) is 10.5 Å². The molecule has 2 rings (SSSR count). The first-order valence-electron chi connectivity index (χ1n) is 19.1. The first-order chi connectivity index (χ1) is 24.4. The van der Waals surface area contributed by atoms with Gasteiger partial charge in [-0.05, 0) is 116 Å². The number of nitrogens with one attached hydrogen (secondary N) is 3. The monoisotopic (exact) mass is 714 g/mol. The fourth-order valence-corrected chi connectivity index (χ4v) is 5.68. The number of hydrogen-bond donors (Lipinski definition) is 4. The van der Waals surface area contributed by atoms with Crippen LogP contribution in [0.15, 0.2) is 39.9 Å². The zero-order valence-corrected chi connectivity index (χ0v) is 32.2. The molecule has 12 heteroatoms. The average molecular weight is 714 g/mol. The van der Waals surface area contributed by atoms with E-state index in [-0.39, 0.29) is 12.0 Å². The summed E-state index contributed by atoms with van der Waals surface area (Å²) in [7, 11) is 1.82. The third-order valence-electron chi connectivity index (χ3n) is 8.65. The Kier molecular flexibility index (Phi) is 21.3. The molecule has 0 aliphatic rings. The molecular weight excluding hydrogens is 646 g/mol. The molecule has 0 radical (unpaired) electrons. The minimum atomic E-state index is -0.536. The predicted molar refractivity (Wildman–Crippen MR) is 208 cm³/mol. The molecule has 0 saturated heterocycles. The minimum Gasteiger partial charge on any atom is -0.444 e. The topological polar surface area (TPSA) is 149 Å². The van der Waals surface area contributed by atoms with Crippen molar-refractivity contribution >= 4 is 17.7 Å². The molecule has 0 atom stereocenters. The summed E-state index contributed by atoms with van der Waals surface area (Å²) in [6, 6.07) is 10.1. The fraction of sp³-hybridized carbons (Fsp3) is 0.692. The normalized spacial score (nSPS) is 11.7. The van der Waals surface area contributed by atoms with Crippen LogP contribution in [0.5, 0.6) is 0 Å². The number of nitrogens with zero attached hydrogens (tertiary/aromatic N) is 3. The molecule has 51 heavy (non-hydrogen) atoms. The number of anilines is 1. The van der Waals surface area contributed by atoms with Gasteiger partial charge in [0.1, 0.15) is 5.60 Å². The molecule has 0 unspecified atom stereocenters. The van der Waals surface area contributed by atoms with Crippen molar-refractivity contribution in [2.45, 2.75) is 104 Å². The quantitative estimate of drug-likeness (QED) is 0.0759. The standard InChI is InChI=1S/C39H67N7O5/c1-6-23-46(38(50)51-39(2,3)4)28-27-45(26-13-21-42-31-33-17-15-32(16-18-33)30-41-20-12-19-40)25-11-8-14-36(48)43-22-9-7-10-24-44(5)34-29-35(47)37(34)49/h15-18,29,41-42H,6-14,19-28,30-31,40H2,1-5H3,(H,43,48). The van der Waals surface area contributed by atoms with Crippen LogP contribution in [-0.4, -0.2) is 99.9 Å². The number of hydrogen-bond acceptors (Lipinski definition) is 10. The Morgan fingerprint density at radius 2 is 1.39 bits per heavy atom. The molecule has 2 amide bonds. The number of ether oxygens (including phenoxy) is 1. The third kappa shape index (κ3) is 19.2. The van der Waals surface area contributed by atoms with Gasteiger partial charge in [0.05, 0.1) is 5.69 Å². The van der Waals surface area contributed by atoms with Crippen molar-refractivity contribution in [3.8, 4) is 0 Å². The minimum absolute atomic E-state index is 0.0709. The second-order valence-corrected chi connectivity index (χ2v) is 14.5. The largest absolute Gasteiger partial charge is 0.444 e. The Morgan fingerprint density at radius 3 is 1.98 bits per heavy atom. The molecule has 288 valence electrons. The molecule has 0 heterocycles. The lowest BCUT2D eigenvalue weighted by molar-refractivity contribution is -0.121. The second-order valence-electron chi connectivity index (χ2n) is 14.5. The highest BCUT2D eigenvalue weighted by molar-refractivity contribution is 5.75. The SMILES string of the molecule is CCCN(CCN(CCCCC(=O)NCCCCCN(C)c1cc(=O)c1=O)CCCNCc1ccc(CNCCCN)cc1)C(=O)OC(C)(C)C. The second kappa shape index (κ2) is 24.8. The Balaban J connectivity index is 1.73. The highest BCUT2D eigenvalue weighted by Gasteiger charge is 2.22. The molecule has 2 aromatic carbocycles. The molecule has 12 nitrogen and oxygen atoms in total. The van der Waals surface area contributed by atoms with Crippen LogP contribution >= 0.6 is 0 Å². The summed E-state index contributed by atoms with van der Waals surface area (Å²) in [4.78, 5) is 54.0. The van der Waals surface area contributed by atoms with Crippen molar-refractivity contribution in [1.29, 1.82) is 0 Å². The van der Waals surface area contributed by atoms with Gasteiger partial charge in [0.2, 0.25) is 16.8 Å². The van der Waals surface area contributed by atoms with Crippen LogP contribution in [0.2, 0.25) is 0 Å². The van der Waals surface area contributed by atoms with Gasteiger partial charge in [-0.2, -0.15) is 0 Å². The van der Waals surface area contributed by atoms with Crippen molar-refractivity contribution in [1.82, 2.24) is 25.8 Å². The highest BCUT2D eigenvalue weighted by Crippen LogP contribution is 2.11. The van der Waals surface area contributed by atoms with Gasteiger partial charge in [0, 0.05) is 65.3 Å². The summed E-state index contributed by atoms with van der Waals surface area (Å²) in [5.74, 6) is 0.0709. The van der Waals surface area contributed by atoms with Crippen LogP contribution in [-0.2, 0) is 22.6 Å². The molecule has 0 saturated carbocycles. The van der Waals surface area contributed by atoms with Gasteiger partial charge in [-0.25, -0.2) is 4.79 Å². The zero-order chi connectivity index (χ0) is 37.5. The van der Waals surface area contributed by atoms with E-state index < -0.39 is 16.5 Å². The Hall–Kier alpha value is -3.32. The van der Waals surface area contributed by atoms with E-state index in [0.29, 0.717) is 44.8 Å². The maximum Gasteiger partial charge on any atom is 0.410 e. The van der Waals surface area contributed by atoms with Crippen LogP contribution in [0.25, 0.3) is 0 Å². The van der Waals surface area contributed by atoms with Crippen LogP contribution < -0.4 is 37.4 Å². The van der Waals surface area contributed by atoms with E-state index in [1.165, 1.54) is 17.2 Å². The van der Waals surface area contributed by atoms with E-state index in [2.05, 4.69) is 52.0 Å². The third-order valence-corrected chi connectivity index (χ3v) is 8.65. The lowest BCUT2D eigenvalue weighted by Crippen LogP contribution is -2.42. The number of nitrogens with two attached hydrogens (primary N) is 1. The summed E-state index contributed by atoms with van der Waals surface area (Å²) in [6.07, 6.45) is 7.44. The van der Waals surface area contributed by atoms with Crippen molar-refractivity contribution in [3.63, 3.8) is 0 Å². The molecule has 0 aromatic heterocycles. The summed E-state index contributed by atoms with van der Waals surface area (Å²) in [6.45, 7) is 17.1. The summed E-state index contributed by atoms with van der Waals surface area (Å²) >= 11 is 0. The molecule has 0 aliphatic carbocycles. The van der Waals surface area contributed by atoms with Gasteiger partial charge >= 0.3 is 6.09 Å². The smallest absolute Gasteiger partial charge is 0.410 e. The molecule has 0 aliphatic heterocycles. The maximum absolute atomic E-state index is 12.9. The van der Waals surface area contributed by atoms with Crippen molar-refractivity contribution in [3.05, 3.63) is 61.9 Å². The van der Waals surface area contributed by atoms with E-state index in [9.17, 15) is 19.2 Å². The average Bonchev–Trinajstić information content (AvgIpc) is 3.09. The van der Waals surface area contributed by atoms with Gasteiger partial charge < -0.3 is 41.1 Å². The number of carbonyl (C=O) groups is 2. The fourth-order valence-electron chi connectivity index (χ4n) is 5.68. The summed E-state index contributed by atoms with van der Waals surface area (Å²) in [5, 5.41) is 10.0. The number of carbonyl (C=O) groups excluding carboxylic acids is 2. The lowest BCUT2D eigenvalue weighted by atomic mass is 10.1. The van der Waals surface area contributed by atoms with E-state index in [4.69, 9.17) is 10.5 Å². The molecular formula is C39H67N7O5. The Bertz CT molecular complexity index is 1320. The van der Waals surface area contributed by atoms with E-state index >= 15 is 0 Å². The van der Waals surface area contributed by atoms with Gasteiger partial charge in [-0.1, -0.05) is 31.2 Å². The molecule has 0 bridgehead atoms. The highest BCUT2D eigenvalue weighted by atomic mass is 16.6.